The van der Waals surface area contributed by atoms with Crippen LogP contribution >= 0.6 is 23.4 Å². The maximum atomic E-state index is 12.2. The SMILES string of the molecule is CC(C)(C)NC(=O)CSc1nncn1NCc1c(OCc2ccccc2Cl)ccc2ccccc12. The summed E-state index contributed by atoms with van der Waals surface area (Å²) in [5.41, 5.74) is 5.01. The summed E-state index contributed by atoms with van der Waals surface area (Å²) in [7, 11) is 0. The number of amides is 1. The Morgan fingerprint density at radius 2 is 1.86 bits per heavy atom. The maximum Gasteiger partial charge on any atom is 0.230 e. The first-order valence-corrected chi connectivity index (χ1v) is 12.6. The molecule has 1 aromatic heterocycles. The highest BCUT2D eigenvalue weighted by Crippen LogP contribution is 2.30. The zero-order valence-electron chi connectivity index (χ0n) is 19.9. The number of carbonyl (C=O) groups is 1. The van der Waals surface area contributed by atoms with Gasteiger partial charge in [-0.15, -0.1) is 10.2 Å². The highest BCUT2D eigenvalue weighted by molar-refractivity contribution is 7.99. The van der Waals surface area contributed by atoms with Gasteiger partial charge in [0.15, 0.2) is 0 Å². The van der Waals surface area contributed by atoms with E-state index in [1.54, 1.807) is 11.0 Å². The topological polar surface area (TPSA) is 81.1 Å². The van der Waals surface area contributed by atoms with Crippen LogP contribution in [-0.2, 0) is 17.9 Å². The van der Waals surface area contributed by atoms with Crippen LogP contribution in [0.1, 0.15) is 31.9 Å². The first-order chi connectivity index (χ1) is 16.8. The van der Waals surface area contributed by atoms with E-state index in [0.717, 1.165) is 27.6 Å². The highest BCUT2D eigenvalue weighted by atomic mass is 35.5. The molecule has 0 spiro atoms. The molecule has 0 atom stereocenters. The predicted octanol–water partition coefficient (Wildman–Crippen LogP) is 5.41. The molecule has 4 aromatic rings. The molecule has 1 amide bonds. The van der Waals surface area contributed by atoms with Gasteiger partial charge in [0.05, 0.1) is 12.3 Å². The van der Waals surface area contributed by atoms with Crippen molar-refractivity contribution in [2.24, 2.45) is 0 Å². The first-order valence-electron chi connectivity index (χ1n) is 11.2. The standard InChI is InChI=1S/C26H28ClN5O2S/c1-26(2,3)30-24(33)16-35-25-31-28-17-32(25)29-14-21-20-10-6-4-8-18(20)12-13-23(21)34-15-19-9-5-7-11-22(19)27/h4-13,17,29H,14-16H2,1-3H3,(H,30,33). The van der Waals surface area contributed by atoms with Gasteiger partial charge in [0.1, 0.15) is 18.7 Å². The van der Waals surface area contributed by atoms with Crippen molar-refractivity contribution in [1.29, 1.82) is 0 Å². The minimum absolute atomic E-state index is 0.0543. The number of fused-ring (bicyclic) bond motifs is 1. The molecule has 0 fully saturated rings. The number of benzene rings is 3. The van der Waals surface area contributed by atoms with Gasteiger partial charge in [0, 0.05) is 21.7 Å². The Balaban J connectivity index is 1.50. The van der Waals surface area contributed by atoms with Crippen LogP contribution in [0.15, 0.2) is 72.1 Å². The van der Waals surface area contributed by atoms with Gasteiger partial charge < -0.3 is 15.5 Å². The molecule has 4 rings (SSSR count). The minimum atomic E-state index is -0.279. The summed E-state index contributed by atoms with van der Waals surface area (Å²) < 4.78 is 7.95. The number of rotatable bonds is 9. The van der Waals surface area contributed by atoms with Crippen molar-refractivity contribution in [3.8, 4) is 5.75 Å². The molecule has 0 aliphatic heterocycles. The van der Waals surface area contributed by atoms with E-state index in [4.69, 9.17) is 16.3 Å². The maximum absolute atomic E-state index is 12.2. The quantitative estimate of drug-likeness (QED) is 0.293. The summed E-state index contributed by atoms with van der Waals surface area (Å²) in [6.07, 6.45) is 1.60. The fourth-order valence-electron chi connectivity index (χ4n) is 3.58. The van der Waals surface area contributed by atoms with Gasteiger partial charge in [0.2, 0.25) is 11.1 Å². The second kappa shape index (κ2) is 11.0. The largest absolute Gasteiger partial charge is 0.488 e. The molecule has 1 heterocycles. The van der Waals surface area contributed by atoms with E-state index in [9.17, 15) is 4.79 Å². The van der Waals surface area contributed by atoms with Crippen LogP contribution in [0.5, 0.6) is 5.75 Å². The number of carbonyl (C=O) groups excluding carboxylic acids is 1. The number of hydrogen-bond acceptors (Lipinski definition) is 6. The fraction of sp³-hybridized carbons (Fsp3) is 0.269. The number of hydrogen-bond donors (Lipinski definition) is 2. The lowest BCUT2D eigenvalue weighted by atomic mass is 10.0. The Morgan fingerprint density at radius 1 is 1.09 bits per heavy atom. The highest BCUT2D eigenvalue weighted by Gasteiger charge is 2.16. The molecular weight excluding hydrogens is 482 g/mol. The van der Waals surface area contributed by atoms with Crippen molar-refractivity contribution >= 4 is 40.0 Å². The third-order valence-electron chi connectivity index (χ3n) is 5.13. The first kappa shape index (κ1) is 24.9. The summed E-state index contributed by atoms with van der Waals surface area (Å²) in [4.78, 5) is 12.2. The van der Waals surface area contributed by atoms with Gasteiger partial charge in [-0.25, -0.2) is 4.68 Å². The van der Waals surface area contributed by atoms with Crippen molar-refractivity contribution in [3.63, 3.8) is 0 Å². The average Bonchev–Trinajstić information content (AvgIpc) is 3.27. The molecule has 3 aromatic carbocycles. The lowest BCUT2D eigenvalue weighted by molar-refractivity contribution is -0.119. The van der Waals surface area contributed by atoms with E-state index in [1.807, 2.05) is 63.2 Å². The summed E-state index contributed by atoms with van der Waals surface area (Å²) in [5, 5.41) is 14.6. The molecule has 7 nitrogen and oxygen atoms in total. The zero-order valence-corrected chi connectivity index (χ0v) is 21.5. The van der Waals surface area contributed by atoms with Crippen LogP contribution in [-0.4, -0.2) is 32.1 Å². The Labute approximate surface area is 214 Å². The van der Waals surface area contributed by atoms with Crippen LogP contribution in [0, 0.1) is 0 Å². The molecule has 0 aliphatic carbocycles. The summed E-state index contributed by atoms with van der Waals surface area (Å²) >= 11 is 7.64. The third kappa shape index (κ3) is 6.68. The van der Waals surface area contributed by atoms with Gasteiger partial charge in [-0.3, -0.25) is 4.79 Å². The van der Waals surface area contributed by atoms with Gasteiger partial charge in [-0.05, 0) is 43.7 Å². The summed E-state index contributed by atoms with van der Waals surface area (Å²) in [5.74, 6) is 0.960. The van der Waals surface area contributed by atoms with Crippen LogP contribution in [0.2, 0.25) is 5.02 Å². The number of nitrogens with zero attached hydrogens (tertiary/aromatic N) is 3. The van der Waals surface area contributed by atoms with E-state index in [0.29, 0.717) is 23.3 Å². The number of aromatic nitrogens is 3. The lowest BCUT2D eigenvalue weighted by Gasteiger charge is -2.20. The number of ether oxygens (including phenoxy) is 1. The van der Waals surface area contributed by atoms with Crippen LogP contribution in [0.4, 0.5) is 0 Å². The number of nitrogens with one attached hydrogen (secondary N) is 2. The predicted molar refractivity (Wildman–Crippen MR) is 141 cm³/mol. The van der Waals surface area contributed by atoms with Crippen LogP contribution < -0.4 is 15.5 Å². The summed E-state index contributed by atoms with van der Waals surface area (Å²) in [6.45, 7) is 6.69. The molecule has 0 saturated heterocycles. The normalized spacial score (nSPS) is 11.4. The second-order valence-electron chi connectivity index (χ2n) is 9.05. The van der Waals surface area contributed by atoms with E-state index < -0.39 is 0 Å². The van der Waals surface area contributed by atoms with Gasteiger partial charge in [-0.1, -0.05) is 71.9 Å². The monoisotopic (exact) mass is 509 g/mol. The molecule has 182 valence electrons. The molecule has 2 N–H and O–H groups in total. The van der Waals surface area contributed by atoms with Gasteiger partial charge in [-0.2, -0.15) is 0 Å². The Bertz CT molecular complexity index is 1320. The lowest BCUT2D eigenvalue weighted by Crippen LogP contribution is -2.41. The molecule has 0 bridgehead atoms. The molecule has 9 heteroatoms. The smallest absolute Gasteiger partial charge is 0.230 e. The van der Waals surface area contributed by atoms with Crippen molar-refractivity contribution < 1.29 is 9.53 Å². The van der Waals surface area contributed by atoms with Gasteiger partial charge in [0.25, 0.3) is 0 Å². The van der Waals surface area contributed by atoms with E-state index >= 15 is 0 Å². The van der Waals surface area contributed by atoms with Gasteiger partial charge >= 0.3 is 0 Å². The number of thioether (sulfide) groups is 1. The molecule has 0 unspecified atom stereocenters. The van der Waals surface area contributed by atoms with E-state index in [1.165, 1.54) is 11.8 Å². The van der Waals surface area contributed by atoms with Crippen molar-refractivity contribution in [2.75, 3.05) is 11.2 Å². The second-order valence-corrected chi connectivity index (χ2v) is 10.4. The zero-order chi connectivity index (χ0) is 24.8. The molecule has 0 radical (unpaired) electrons. The fourth-order valence-corrected chi connectivity index (χ4v) is 4.46. The Morgan fingerprint density at radius 3 is 2.66 bits per heavy atom. The molecular formula is C26H28ClN5O2S. The van der Waals surface area contributed by atoms with Crippen LogP contribution in [0.3, 0.4) is 0 Å². The number of halogens is 1. The minimum Gasteiger partial charge on any atom is -0.488 e. The van der Waals surface area contributed by atoms with Crippen molar-refractivity contribution in [3.05, 3.63) is 83.1 Å². The molecule has 0 aliphatic rings. The average molecular weight is 510 g/mol. The van der Waals surface area contributed by atoms with Crippen molar-refractivity contribution in [1.82, 2.24) is 20.2 Å². The van der Waals surface area contributed by atoms with E-state index in [-0.39, 0.29) is 17.2 Å². The van der Waals surface area contributed by atoms with E-state index in [2.05, 4.69) is 39.1 Å². The van der Waals surface area contributed by atoms with Crippen molar-refractivity contribution in [2.45, 2.75) is 44.6 Å². The van der Waals surface area contributed by atoms with Crippen LogP contribution in [0.25, 0.3) is 10.8 Å². The Hall–Kier alpha value is -3.23. The summed E-state index contributed by atoms with van der Waals surface area (Å²) in [6, 6.07) is 19.9. The Kier molecular flexibility index (Phi) is 7.83. The molecule has 0 saturated carbocycles. The molecule has 35 heavy (non-hydrogen) atoms. The third-order valence-corrected chi connectivity index (χ3v) is 6.44.